The number of carbonyl (C=O) groups is 2. The Kier molecular flexibility index (Phi) is 3.19. The average molecular weight is 237 g/mol. The lowest BCUT2D eigenvalue weighted by Crippen LogP contribution is -2.57. The van der Waals surface area contributed by atoms with Gasteiger partial charge in [-0.25, -0.2) is 4.98 Å². The molecule has 0 aromatic carbocycles. The maximum absolute atomic E-state index is 12.0. The fourth-order valence-corrected chi connectivity index (χ4v) is 1.79. The molecule has 1 atom stereocenters. The van der Waals surface area contributed by atoms with Crippen molar-refractivity contribution in [2.45, 2.75) is 25.9 Å². The van der Waals surface area contributed by atoms with Crippen molar-refractivity contribution in [3.8, 4) is 0 Å². The van der Waals surface area contributed by atoms with Gasteiger partial charge in [0, 0.05) is 7.05 Å². The minimum atomic E-state index is -0.277. The van der Waals surface area contributed by atoms with Crippen LogP contribution in [0.1, 0.15) is 19.2 Å². The number of rotatable bonds is 3. The lowest BCUT2D eigenvalue weighted by molar-refractivity contribution is -0.150. The third-order valence-corrected chi connectivity index (χ3v) is 2.88. The maximum Gasteiger partial charge on any atom is 0.246 e. The number of hydrogen-bond acceptors (Lipinski definition) is 5. The molecule has 2 amide bonds. The van der Waals surface area contributed by atoms with Crippen molar-refractivity contribution in [2.24, 2.45) is 7.05 Å². The summed E-state index contributed by atoms with van der Waals surface area (Å²) in [6, 6.07) is -0.277. The summed E-state index contributed by atoms with van der Waals surface area (Å²) in [5.41, 5.74) is 0. The van der Waals surface area contributed by atoms with Crippen LogP contribution in [0.25, 0.3) is 0 Å². The first-order valence-corrected chi connectivity index (χ1v) is 5.54. The van der Waals surface area contributed by atoms with Crippen LogP contribution < -0.4 is 5.32 Å². The van der Waals surface area contributed by atoms with E-state index in [-0.39, 0.29) is 30.9 Å². The molecule has 1 aliphatic heterocycles. The van der Waals surface area contributed by atoms with E-state index in [1.807, 2.05) is 6.92 Å². The first-order chi connectivity index (χ1) is 8.13. The molecule has 0 saturated carbocycles. The molecule has 1 aromatic rings. The van der Waals surface area contributed by atoms with Gasteiger partial charge in [0.15, 0.2) is 0 Å². The second kappa shape index (κ2) is 4.62. The summed E-state index contributed by atoms with van der Waals surface area (Å²) in [5, 5.41) is 6.82. The van der Waals surface area contributed by atoms with Gasteiger partial charge in [0.1, 0.15) is 12.2 Å². The Labute approximate surface area is 98.8 Å². The van der Waals surface area contributed by atoms with Crippen LogP contribution in [0.2, 0.25) is 0 Å². The lowest BCUT2D eigenvalue weighted by atomic mass is 10.1. The van der Waals surface area contributed by atoms with Gasteiger partial charge in [0.05, 0.1) is 19.1 Å². The molecule has 1 unspecified atom stereocenters. The molecule has 0 bridgehead atoms. The van der Waals surface area contributed by atoms with Gasteiger partial charge >= 0.3 is 0 Å². The minimum absolute atomic E-state index is 0.187. The monoisotopic (exact) mass is 237 g/mol. The fourth-order valence-electron chi connectivity index (χ4n) is 1.79. The number of amides is 2. The summed E-state index contributed by atoms with van der Waals surface area (Å²) in [5.74, 6) is 0.193. The van der Waals surface area contributed by atoms with Crippen LogP contribution >= 0.6 is 0 Å². The third-order valence-electron chi connectivity index (χ3n) is 2.88. The maximum atomic E-state index is 12.0. The van der Waals surface area contributed by atoms with E-state index < -0.39 is 0 Å². The Morgan fingerprint density at radius 3 is 2.88 bits per heavy atom. The Morgan fingerprint density at radius 2 is 2.29 bits per heavy atom. The van der Waals surface area contributed by atoms with E-state index in [1.165, 1.54) is 11.2 Å². The summed E-state index contributed by atoms with van der Waals surface area (Å²) >= 11 is 0. The van der Waals surface area contributed by atoms with Crippen molar-refractivity contribution in [3.63, 3.8) is 0 Å². The lowest BCUT2D eigenvalue weighted by Gasteiger charge is -2.30. The number of hydrogen-bond donors (Lipinski definition) is 1. The van der Waals surface area contributed by atoms with Crippen molar-refractivity contribution in [1.29, 1.82) is 0 Å². The zero-order valence-electron chi connectivity index (χ0n) is 9.88. The van der Waals surface area contributed by atoms with E-state index in [4.69, 9.17) is 0 Å². The molecule has 1 N–H and O–H groups in total. The SMILES string of the molecule is CCC1NCC(=O)N(Cc2ncnn2C)C1=O. The second-order valence-electron chi connectivity index (χ2n) is 3.96. The molecule has 7 nitrogen and oxygen atoms in total. The summed E-state index contributed by atoms with van der Waals surface area (Å²) in [4.78, 5) is 28.9. The highest BCUT2D eigenvalue weighted by Crippen LogP contribution is 2.09. The minimum Gasteiger partial charge on any atom is -0.297 e. The Bertz CT molecular complexity index is 442. The number of aromatic nitrogens is 3. The molecule has 2 heterocycles. The zero-order valence-corrected chi connectivity index (χ0v) is 9.88. The van der Waals surface area contributed by atoms with Gasteiger partial charge in [-0.15, -0.1) is 0 Å². The summed E-state index contributed by atoms with van der Waals surface area (Å²) in [6.07, 6.45) is 2.07. The van der Waals surface area contributed by atoms with Crippen molar-refractivity contribution in [2.75, 3.05) is 6.54 Å². The van der Waals surface area contributed by atoms with Gasteiger partial charge in [-0.05, 0) is 6.42 Å². The van der Waals surface area contributed by atoms with Crippen LogP contribution in [0.3, 0.4) is 0 Å². The molecule has 1 fully saturated rings. The molecule has 92 valence electrons. The van der Waals surface area contributed by atoms with Gasteiger partial charge in [-0.1, -0.05) is 6.92 Å². The number of imide groups is 1. The van der Waals surface area contributed by atoms with E-state index in [1.54, 1.807) is 11.7 Å². The predicted octanol–water partition coefficient (Wildman–Crippen LogP) is -0.948. The highest BCUT2D eigenvalue weighted by Gasteiger charge is 2.33. The van der Waals surface area contributed by atoms with E-state index >= 15 is 0 Å². The van der Waals surface area contributed by atoms with Gasteiger partial charge in [-0.2, -0.15) is 5.10 Å². The van der Waals surface area contributed by atoms with Crippen molar-refractivity contribution < 1.29 is 9.59 Å². The quantitative estimate of drug-likeness (QED) is 0.686. The van der Waals surface area contributed by atoms with E-state index in [0.29, 0.717) is 12.2 Å². The first-order valence-electron chi connectivity index (χ1n) is 5.54. The number of nitrogens with zero attached hydrogens (tertiary/aromatic N) is 4. The average Bonchev–Trinajstić information content (AvgIpc) is 2.70. The molecule has 1 aliphatic rings. The molecule has 0 spiro atoms. The van der Waals surface area contributed by atoms with Gasteiger partial charge in [-0.3, -0.25) is 24.5 Å². The first kappa shape index (κ1) is 11.7. The Morgan fingerprint density at radius 1 is 1.53 bits per heavy atom. The molecule has 2 rings (SSSR count). The van der Waals surface area contributed by atoms with Crippen LogP contribution in [0.5, 0.6) is 0 Å². The standard InChI is InChI=1S/C10H15N5O2/c1-3-7-10(17)15(9(16)4-11-7)5-8-12-6-13-14(8)2/h6-7,11H,3-5H2,1-2H3. The molecular weight excluding hydrogens is 222 g/mol. The van der Waals surface area contributed by atoms with Crippen LogP contribution in [-0.2, 0) is 23.2 Å². The Hall–Kier alpha value is -1.76. The van der Waals surface area contributed by atoms with Gasteiger partial charge in [0.2, 0.25) is 11.8 Å². The fraction of sp³-hybridized carbons (Fsp3) is 0.600. The largest absolute Gasteiger partial charge is 0.297 e. The predicted molar refractivity (Wildman–Crippen MR) is 58.6 cm³/mol. The van der Waals surface area contributed by atoms with Gasteiger partial charge in [0.25, 0.3) is 0 Å². The molecule has 0 aliphatic carbocycles. The number of aryl methyl sites for hydroxylation is 1. The summed E-state index contributed by atoms with van der Waals surface area (Å²) in [7, 11) is 1.73. The molecule has 17 heavy (non-hydrogen) atoms. The normalized spacial score (nSPS) is 21.1. The highest BCUT2D eigenvalue weighted by atomic mass is 16.2. The molecular formula is C10H15N5O2. The summed E-state index contributed by atoms with van der Waals surface area (Å²) < 4.78 is 1.56. The van der Waals surface area contributed by atoms with Crippen LogP contribution in [0.4, 0.5) is 0 Å². The van der Waals surface area contributed by atoms with Crippen molar-refractivity contribution in [1.82, 2.24) is 25.0 Å². The molecule has 1 aromatic heterocycles. The van der Waals surface area contributed by atoms with Crippen LogP contribution in [0.15, 0.2) is 6.33 Å². The van der Waals surface area contributed by atoms with Crippen molar-refractivity contribution in [3.05, 3.63) is 12.2 Å². The molecule has 0 radical (unpaired) electrons. The second-order valence-corrected chi connectivity index (χ2v) is 3.96. The van der Waals surface area contributed by atoms with Crippen LogP contribution in [-0.4, -0.2) is 44.1 Å². The Balaban J connectivity index is 2.15. The topological polar surface area (TPSA) is 80.1 Å². The third kappa shape index (κ3) is 2.19. The summed E-state index contributed by atoms with van der Waals surface area (Å²) in [6.45, 7) is 2.29. The van der Waals surface area contributed by atoms with Gasteiger partial charge < -0.3 is 0 Å². The number of nitrogens with one attached hydrogen (secondary N) is 1. The number of carbonyl (C=O) groups excluding carboxylic acids is 2. The number of piperazine rings is 1. The smallest absolute Gasteiger partial charge is 0.246 e. The molecule has 7 heteroatoms. The van der Waals surface area contributed by atoms with E-state index in [9.17, 15) is 9.59 Å². The molecule has 1 saturated heterocycles. The highest BCUT2D eigenvalue weighted by molar-refractivity contribution is 6.00. The van der Waals surface area contributed by atoms with E-state index in [2.05, 4.69) is 15.4 Å². The zero-order chi connectivity index (χ0) is 12.4. The van der Waals surface area contributed by atoms with Crippen molar-refractivity contribution >= 4 is 11.8 Å². The van der Waals surface area contributed by atoms with Crippen LogP contribution in [0, 0.1) is 0 Å². The van der Waals surface area contributed by atoms with E-state index in [0.717, 1.165) is 0 Å².